The first kappa shape index (κ1) is 23.0. The molecule has 2 heterocycles. The zero-order valence-corrected chi connectivity index (χ0v) is 19.1. The molecule has 0 saturated carbocycles. The van der Waals surface area contributed by atoms with E-state index >= 15 is 0 Å². The number of aliphatic hydroxyl groups is 1. The molecule has 1 aliphatic rings. The van der Waals surface area contributed by atoms with Crippen molar-refractivity contribution >= 4 is 16.9 Å². The van der Waals surface area contributed by atoms with Crippen LogP contribution in [-0.4, -0.2) is 66.2 Å². The van der Waals surface area contributed by atoms with Gasteiger partial charge in [-0.1, -0.05) is 30.3 Å². The Morgan fingerprint density at radius 3 is 2.55 bits per heavy atom. The number of hydrogen-bond acceptors (Lipinski definition) is 6. The van der Waals surface area contributed by atoms with Crippen molar-refractivity contribution in [3.63, 3.8) is 0 Å². The molecule has 1 atom stereocenters. The summed E-state index contributed by atoms with van der Waals surface area (Å²) in [5, 5.41) is 11.3. The Morgan fingerprint density at radius 2 is 1.85 bits per heavy atom. The molecule has 4 rings (SSSR count). The van der Waals surface area contributed by atoms with Crippen LogP contribution in [0.25, 0.3) is 11.0 Å². The van der Waals surface area contributed by atoms with Gasteiger partial charge in [0.15, 0.2) is 0 Å². The highest BCUT2D eigenvalue weighted by Gasteiger charge is 2.21. The number of rotatable bonds is 7. The summed E-state index contributed by atoms with van der Waals surface area (Å²) in [6.07, 6.45) is -0.137. The molecule has 7 heteroatoms. The summed E-state index contributed by atoms with van der Waals surface area (Å²) >= 11 is 0. The number of β-amino-alcohol motifs (C(OH)–C–C–N with tert-alkyl or cyclic N) is 1. The van der Waals surface area contributed by atoms with Crippen molar-refractivity contribution in [1.29, 1.82) is 0 Å². The molecule has 1 saturated heterocycles. The Balaban J connectivity index is 1.38. The van der Waals surface area contributed by atoms with Gasteiger partial charge in [0, 0.05) is 63.1 Å². The van der Waals surface area contributed by atoms with Crippen molar-refractivity contribution in [1.82, 2.24) is 9.80 Å². The normalized spacial score (nSPS) is 15.5. The van der Waals surface area contributed by atoms with Gasteiger partial charge in [0.2, 0.25) is 5.91 Å². The summed E-state index contributed by atoms with van der Waals surface area (Å²) in [7, 11) is 0. The number of nitrogens with zero attached hydrogens (tertiary/aromatic N) is 2. The molecule has 1 aromatic heterocycles. The van der Waals surface area contributed by atoms with E-state index in [1.807, 2.05) is 54.3 Å². The number of hydrogen-bond donors (Lipinski definition) is 1. The van der Waals surface area contributed by atoms with E-state index in [0.29, 0.717) is 43.0 Å². The van der Waals surface area contributed by atoms with Crippen molar-refractivity contribution in [2.45, 2.75) is 26.4 Å². The first-order chi connectivity index (χ1) is 15.9. The van der Waals surface area contributed by atoms with Gasteiger partial charge in [-0.2, -0.15) is 0 Å². The lowest BCUT2D eigenvalue weighted by Gasteiger charge is -2.35. The number of fused-ring (bicyclic) bond motifs is 1. The van der Waals surface area contributed by atoms with Crippen molar-refractivity contribution in [3.05, 3.63) is 75.6 Å². The van der Waals surface area contributed by atoms with Crippen molar-refractivity contribution in [3.8, 4) is 5.75 Å². The predicted octanol–water partition coefficient (Wildman–Crippen LogP) is 2.60. The fraction of sp³-hybridized carbons (Fsp3) is 0.385. The number of piperazine rings is 1. The first-order valence-corrected chi connectivity index (χ1v) is 11.3. The number of benzene rings is 2. The van der Waals surface area contributed by atoms with E-state index < -0.39 is 6.10 Å². The molecule has 3 aromatic rings. The first-order valence-electron chi connectivity index (χ1n) is 11.3. The van der Waals surface area contributed by atoms with Crippen LogP contribution in [-0.2, 0) is 11.2 Å². The molecular formula is C26H30N2O5. The maximum Gasteiger partial charge on any atom is 0.340 e. The number of carbonyl (C=O) groups is 1. The minimum atomic E-state index is -0.661. The molecule has 0 aliphatic carbocycles. The van der Waals surface area contributed by atoms with Gasteiger partial charge in [-0.15, -0.1) is 0 Å². The van der Waals surface area contributed by atoms with E-state index in [9.17, 15) is 14.7 Å². The standard InChI is InChI=1S/C26H30N2O5/c1-18-23-9-8-22(32-17-21(30)16-27-10-12-28(13-11-27)19(2)29)15-25(23)33-26(31)24(18)14-20-6-4-3-5-7-20/h3-9,15,21,30H,10-14,16-17H2,1-2H3. The molecule has 0 bridgehead atoms. The Hall–Kier alpha value is -3.16. The van der Waals surface area contributed by atoms with Crippen LogP contribution >= 0.6 is 0 Å². The van der Waals surface area contributed by atoms with Gasteiger partial charge < -0.3 is 19.2 Å². The summed E-state index contributed by atoms with van der Waals surface area (Å²) in [5.74, 6) is 0.630. The Kier molecular flexibility index (Phi) is 7.11. The van der Waals surface area contributed by atoms with Gasteiger partial charge >= 0.3 is 5.63 Å². The topological polar surface area (TPSA) is 83.2 Å². The SMILES string of the molecule is CC(=O)N1CCN(CC(O)COc2ccc3c(C)c(Cc4ccccc4)c(=O)oc3c2)CC1. The van der Waals surface area contributed by atoms with Gasteiger partial charge in [-0.3, -0.25) is 9.69 Å². The summed E-state index contributed by atoms with van der Waals surface area (Å²) in [6, 6.07) is 15.3. The maximum atomic E-state index is 12.6. The molecule has 7 nitrogen and oxygen atoms in total. The quantitative estimate of drug-likeness (QED) is 0.557. The third kappa shape index (κ3) is 5.61. The molecule has 0 spiro atoms. The second-order valence-corrected chi connectivity index (χ2v) is 8.58. The predicted molar refractivity (Wildman–Crippen MR) is 127 cm³/mol. The third-order valence-corrected chi connectivity index (χ3v) is 6.21. The Bertz CT molecular complexity index is 1170. The number of ether oxygens (including phenoxy) is 1. The van der Waals surface area contributed by atoms with E-state index in [0.717, 1.165) is 29.6 Å². The molecule has 1 amide bonds. The molecule has 33 heavy (non-hydrogen) atoms. The van der Waals surface area contributed by atoms with Gasteiger partial charge in [0.05, 0.1) is 0 Å². The zero-order chi connectivity index (χ0) is 23.4. The highest BCUT2D eigenvalue weighted by Crippen LogP contribution is 2.25. The summed E-state index contributed by atoms with van der Waals surface area (Å²) < 4.78 is 11.4. The van der Waals surface area contributed by atoms with Gasteiger partial charge in [0.25, 0.3) is 0 Å². The molecule has 0 radical (unpaired) electrons. The fourth-order valence-corrected chi connectivity index (χ4v) is 4.26. The van der Waals surface area contributed by atoms with E-state index in [-0.39, 0.29) is 18.1 Å². The fourth-order valence-electron chi connectivity index (χ4n) is 4.26. The lowest BCUT2D eigenvalue weighted by molar-refractivity contribution is -0.130. The van der Waals surface area contributed by atoms with Crippen LogP contribution in [0.2, 0.25) is 0 Å². The molecule has 174 valence electrons. The van der Waals surface area contributed by atoms with E-state index in [1.54, 1.807) is 13.0 Å². The number of aliphatic hydroxyl groups excluding tert-OH is 1. The summed E-state index contributed by atoms with van der Waals surface area (Å²) in [6.45, 7) is 6.97. The second-order valence-electron chi connectivity index (χ2n) is 8.58. The minimum Gasteiger partial charge on any atom is -0.491 e. The summed E-state index contributed by atoms with van der Waals surface area (Å²) in [4.78, 5) is 28.0. The average molecular weight is 451 g/mol. The monoisotopic (exact) mass is 450 g/mol. The van der Waals surface area contributed by atoms with Crippen molar-refractivity contribution in [2.24, 2.45) is 0 Å². The molecule has 1 unspecified atom stereocenters. The van der Waals surface area contributed by atoms with Crippen LogP contribution in [0.5, 0.6) is 5.75 Å². The summed E-state index contributed by atoms with van der Waals surface area (Å²) in [5.41, 5.74) is 2.75. The number of aryl methyl sites for hydroxylation is 1. The lowest BCUT2D eigenvalue weighted by atomic mass is 10.00. The molecule has 1 fully saturated rings. The Labute approximate surface area is 193 Å². The molecule has 1 N–H and O–H groups in total. The molecular weight excluding hydrogens is 420 g/mol. The lowest BCUT2D eigenvalue weighted by Crippen LogP contribution is -2.50. The maximum absolute atomic E-state index is 12.6. The van der Waals surface area contributed by atoms with Crippen LogP contribution in [0.4, 0.5) is 0 Å². The van der Waals surface area contributed by atoms with Gasteiger partial charge in [-0.05, 0) is 30.2 Å². The van der Waals surface area contributed by atoms with Gasteiger partial charge in [0.1, 0.15) is 24.0 Å². The average Bonchev–Trinajstić information content (AvgIpc) is 2.81. The highest BCUT2D eigenvalue weighted by atomic mass is 16.5. The smallest absolute Gasteiger partial charge is 0.340 e. The number of carbonyl (C=O) groups excluding carboxylic acids is 1. The second kappa shape index (κ2) is 10.2. The molecule has 2 aromatic carbocycles. The van der Waals surface area contributed by atoms with Crippen LogP contribution in [0.3, 0.4) is 0 Å². The van der Waals surface area contributed by atoms with E-state index in [2.05, 4.69) is 4.90 Å². The van der Waals surface area contributed by atoms with Crippen LogP contribution in [0, 0.1) is 6.92 Å². The number of amides is 1. The van der Waals surface area contributed by atoms with Crippen molar-refractivity contribution in [2.75, 3.05) is 39.3 Å². The van der Waals surface area contributed by atoms with E-state index in [4.69, 9.17) is 9.15 Å². The third-order valence-electron chi connectivity index (χ3n) is 6.21. The van der Waals surface area contributed by atoms with Crippen LogP contribution in [0.1, 0.15) is 23.6 Å². The largest absolute Gasteiger partial charge is 0.491 e. The zero-order valence-electron chi connectivity index (χ0n) is 19.1. The molecule has 1 aliphatic heterocycles. The minimum absolute atomic E-state index is 0.0870. The van der Waals surface area contributed by atoms with Gasteiger partial charge in [-0.25, -0.2) is 4.79 Å². The van der Waals surface area contributed by atoms with E-state index in [1.165, 1.54) is 0 Å². The highest BCUT2D eigenvalue weighted by molar-refractivity contribution is 5.82. The van der Waals surface area contributed by atoms with Crippen molar-refractivity contribution < 1.29 is 19.1 Å². The van der Waals surface area contributed by atoms with Crippen LogP contribution < -0.4 is 10.4 Å². The Morgan fingerprint density at radius 1 is 1.12 bits per heavy atom. The van der Waals surface area contributed by atoms with Crippen LogP contribution in [0.15, 0.2) is 57.7 Å².